The third-order valence-electron chi connectivity index (χ3n) is 3.18. The Hall–Kier alpha value is -1.75. The topological polar surface area (TPSA) is 75.8 Å². The van der Waals surface area contributed by atoms with E-state index in [0.29, 0.717) is 11.5 Å². The molecule has 1 unspecified atom stereocenters. The smallest absolute Gasteiger partial charge is 0.338 e. The van der Waals surface area contributed by atoms with Crippen LogP contribution in [0.3, 0.4) is 0 Å². The van der Waals surface area contributed by atoms with Crippen molar-refractivity contribution in [2.24, 2.45) is 5.73 Å². The van der Waals surface area contributed by atoms with Crippen LogP contribution >= 0.6 is 0 Å². The van der Waals surface area contributed by atoms with Crippen molar-refractivity contribution in [3.05, 3.63) is 29.8 Å². The molecule has 0 spiro atoms. The number of benzene rings is 1. The highest BCUT2D eigenvalue weighted by Crippen LogP contribution is 2.15. The largest absolute Gasteiger partial charge is 0.494 e. The lowest BCUT2D eigenvalue weighted by Crippen LogP contribution is -2.39. The van der Waals surface area contributed by atoms with Gasteiger partial charge in [-0.2, -0.15) is 0 Å². The molecule has 0 heterocycles. The third-order valence-corrected chi connectivity index (χ3v) is 3.18. The Kier molecular flexibility index (Phi) is 6.87. The number of ether oxygens (including phenoxy) is 1. The van der Waals surface area contributed by atoms with Gasteiger partial charge in [0.1, 0.15) is 5.75 Å². The first-order chi connectivity index (χ1) is 9.54. The molecule has 20 heavy (non-hydrogen) atoms. The van der Waals surface area contributed by atoms with Crippen LogP contribution in [0.25, 0.3) is 0 Å². The maximum absolute atomic E-state index is 10.8. The van der Waals surface area contributed by atoms with E-state index in [9.17, 15) is 10.0 Å². The van der Waals surface area contributed by atoms with Gasteiger partial charge in [-0.05, 0) is 43.9 Å². The SMILES string of the molecule is CCCCOc1ccc(CCC(C)N(O)C(N)=O)cc1. The highest BCUT2D eigenvalue weighted by Gasteiger charge is 2.14. The molecule has 2 amide bonds. The minimum atomic E-state index is -0.822. The first-order valence-electron chi connectivity index (χ1n) is 7.04. The molecule has 0 aromatic heterocycles. The minimum Gasteiger partial charge on any atom is -0.494 e. The average molecular weight is 280 g/mol. The van der Waals surface area contributed by atoms with Crippen LogP contribution in [0.15, 0.2) is 24.3 Å². The highest BCUT2D eigenvalue weighted by molar-refractivity contribution is 5.70. The van der Waals surface area contributed by atoms with E-state index >= 15 is 0 Å². The molecule has 0 saturated heterocycles. The first kappa shape index (κ1) is 16.3. The summed E-state index contributed by atoms with van der Waals surface area (Å²) in [5.41, 5.74) is 6.14. The second-order valence-electron chi connectivity index (χ2n) is 4.92. The van der Waals surface area contributed by atoms with Gasteiger partial charge in [-0.3, -0.25) is 5.21 Å². The molecule has 0 aliphatic heterocycles. The molecule has 0 bridgehead atoms. The van der Waals surface area contributed by atoms with Crippen molar-refractivity contribution in [3.8, 4) is 5.75 Å². The Morgan fingerprint density at radius 1 is 1.40 bits per heavy atom. The summed E-state index contributed by atoms with van der Waals surface area (Å²) >= 11 is 0. The monoisotopic (exact) mass is 280 g/mol. The second kappa shape index (κ2) is 8.43. The standard InChI is InChI=1S/C15H24N2O3/c1-3-4-11-20-14-9-7-13(8-10-14)6-5-12(2)17(19)15(16)18/h7-10,12,19H,3-6,11H2,1-2H3,(H2,16,18). The van der Waals surface area contributed by atoms with Crippen LogP contribution in [0.2, 0.25) is 0 Å². The number of nitrogens with two attached hydrogens (primary N) is 1. The Morgan fingerprint density at radius 2 is 2.05 bits per heavy atom. The van der Waals surface area contributed by atoms with Gasteiger partial charge in [0.25, 0.3) is 0 Å². The summed E-state index contributed by atoms with van der Waals surface area (Å²) in [6.45, 7) is 4.63. The predicted molar refractivity (Wildman–Crippen MR) is 77.8 cm³/mol. The number of hydrogen-bond acceptors (Lipinski definition) is 3. The Balaban J connectivity index is 2.39. The van der Waals surface area contributed by atoms with Crippen LogP contribution in [-0.4, -0.2) is 29.0 Å². The Bertz CT molecular complexity index is 406. The summed E-state index contributed by atoms with van der Waals surface area (Å²) in [5, 5.41) is 9.95. The van der Waals surface area contributed by atoms with E-state index in [2.05, 4.69) is 6.92 Å². The Labute approximate surface area is 120 Å². The van der Waals surface area contributed by atoms with Crippen LogP contribution in [0.1, 0.15) is 38.7 Å². The first-order valence-corrected chi connectivity index (χ1v) is 7.04. The molecule has 0 aliphatic rings. The van der Waals surface area contributed by atoms with E-state index in [0.717, 1.165) is 37.2 Å². The molecule has 1 rings (SSSR count). The number of rotatable bonds is 8. The Morgan fingerprint density at radius 3 is 2.60 bits per heavy atom. The van der Waals surface area contributed by atoms with Crippen LogP contribution in [0.5, 0.6) is 5.75 Å². The summed E-state index contributed by atoms with van der Waals surface area (Å²) < 4.78 is 5.59. The number of primary amides is 1. The van der Waals surface area contributed by atoms with Crippen molar-refractivity contribution in [1.29, 1.82) is 0 Å². The molecular formula is C15H24N2O3. The lowest BCUT2D eigenvalue weighted by Gasteiger charge is -2.20. The molecule has 5 heteroatoms. The number of nitrogens with zero attached hydrogens (tertiary/aromatic N) is 1. The quantitative estimate of drug-likeness (QED) is 0.436. The predicted octanol–water partition coefficient (Wildman–Crippen LogP) is 2.96. The van der Waals surface area contributed by atoms with Gasteiger partial charge in [-0.1, -0.05) is 25.5 Å². The molecule has 112 valence electrons. The second-order valence-corrected chi connectivity index (χ2v) is 4.92. The van der Waals surface area contributed by atoms with E-state index in [1.165, 1.54) is 0 Å². The lowest BCUT2D eigenvalue weighted by atomic mass is 10.1. The van der Waals surface area contributed by atoms with Crippen molar-refractivity contribution < 1.29 is 14.7 Å². The molecular weight excluding hydrogens is 256 g/mol. The number of unbranched alkanes of at least 4 members (excludes halogenated alkanes) is 1. The van der Waals surface area contributed by atoms with Gasteiger partial charge < -0.3 is 10.5 Å². The molecule has 1 aromatic rings. The van der Waals surface area contributed by atoms with Crippen LogP contribution in [0.4, 0.5) is 4.79 Å². The van der Waals surface area contributed by atoms with Gasteiger partial charge >= 0.3 is 6.03 Å². The average Bonchev–Trinajstić information content (AvgIpc) is 2.45. The number of urea groups is 1. The van der Waals surface area contributed by atoms with Crippen molar-refractivity contribution in [2.75, 3.05) is 6.61 Å². The summed E-state index contributed by atoms with van der Waals surface area (Å²) in [6, 6.07) is 6.77. The summed E-state index contributed by atoms with van der Waals surface area (Å²) in [5.74, 6) is 0.871. The molecule has 1 aromatic carbocycles. The number of amides is 2. The van der Waals surface area contributed by atoms with Gasteiger partial charge in [0, 0.05) is 0 Å². The van der Waals surface area contributed by atoms with E-state index in [-0.39, 0.29) is 6.04 Å². The van der Waals surface area contributed by atoms with Crippen LogP contribution < -0.4 is 10.5 Å². The number of carbonyl (C=O) groups is 1. The van der Waals surface area contributed by atoms with Crippen molar-refractivity contribution >= 4 is 6.03 Å². The fourth-order valence-corrected chi connectivity index (χ4v) is 1.80. The highest BCUT2D eigenvalue weighted by atomic mass is 16.5. The molecule has 5 nitrogen and oxygen atoms in total. The van der Waals surface area contributed by atoms with Crippen molar-refractivity contribution in [2.45, 2.75) is 45.6 Å². The zero-order chi connectivity index (χ0) is 15.0. The molecule has 0 aliphatic carbocycles. The van der Waals surface area contributed by atoms with Crippen LogP contribution in [0, 0.1) is 0 Å². The zero-order valence-electron chi connectivity index (χ0n) is 12.2. The maximum Gasteiger partial charge on any atom is 0.338 e. The molecule has 0 saturated carbocycles. The van der Waals surface area contributed by atoms with Crippen LogP contribution in [-0.2, 0) is 6.42 Å². The van der Waals surface area contributed by atoms with Gasteiger partial charge in [0.2, 0.25) is 0 Å². The number of aryl methyl sites for hydroxylation is 1. The van der Waals surface area contributed by atoms with Gasteiger partial charge in [-0.15, -0.1) is 0 Å². The van der Waals surface area contributed by atoms with E-state index in [4.69, 9.17) is 10.5 Å². The van der Waals surface area contributed by atoms with E-state index < -0.39 is 6.03 Å². The normalized spacial score (nSPS) is 11.9. The molecule has 3 N–H and O–H groups in total. The minimum absolute atomic E-state index is 0.298. The summed E-state index contributed by atoms with van der Waals surface area (Å²) in [7, 11) is 0. The number of hydrogen-bond donors (Lipinski definition) is 2. The third kappa shape index (κ3) is 5.48. The van der Waals surface area contributed by atoms with Gasteiger partial charge in [0.05, 0.1) is 12.6 Å². The maximum atomic E-state index is 10.8. The molecule has 1 atom stereocenters. The molecule has 0 radical (unpaired) electrons. The zero-order valence-corrected chi connectivity index (χ0v) is 12.2. The van der Waals surface area contributed by atoms with Crippen molar-refractivity contribution in [1.82, 2.24) is 5.06 Å². The number of hydroxylamine groups is 2. The van der Waals surface area contributed by atoms with E-state index in [1.807, 2.05) is 24.3 Å². The molecule has 0 fully saturated rings. The fourth-order valence-electron chi connectivity index (χ4n) is 1.80. The van der Waals surface area contributed by atoms with E-state index in [1.54, 1.807) is 6.92 Å². The van der Waals surface area contributed by atoms with Gasteiger partial charge in [0.15, 0.2) is 0 Å². The fraction of sp³-hybridized carbons (Fsp3) is 0.533. The summed E-state index contributed by atoms with van der Waals surface area (Å²) in [6.07, 6.45) is 3.59. The number of carbonyl (C=O) groups excluding carboxylic acids is 1. The summed E-state index contributed by atoms with van der Waals surface area (Å²) in [4.78, 5) is 10.8. The lowest BCUT2D eigenvalue weighted by molar-refractivity contribution is -0.0714. The van der Waals surface area contributed by atoms with Crippen molar-refractivity contribution in [3.63, 3.8) is 0 Å². The van der Waals surface area contributed by atoms with Gasteiger partial charge in [-0.25, -0.2) is 9.86 Å².